The van der Waals surface area contributed by atoms with Crippen LogP contribution in [-0.4, -0.2) is 17.6 Å². The normalized spacial score (nSPS) is 10.2. The van der Waals surface area contributed by atoms with E-state index in [9.17, 15) is 4.79 Å². The van der Waals surface area contributed by atoms with Crippen LogP contribution in [0.3, 0.4) is 0 Å². The van der Waals surface area contributed by atoms with Crippen LogP contribution in [0.25, 0.3) is 0 Å². The van der Waals surface area contributed by atoms with Crippen molar-refractivity contribution in [2.24, 2.45) is 0 Å². The fourth-order valence-electron chi connectivity index (χ4n) is 1.29. The van der Waals surface area contributed by atoms with Gasteiger partial charge in [0.25, 0.3) is 0 Å². The highest BCUT2D eigenvalue weighted by Gasteiger charge is 2.03. The minimum absolute atomic E-state index is 0.01000. The van der Waals surface area contributed by atoms with Crippen LogP contribution < -0.4 is 5.32 Å². The third-order valence-corrected chi connectivity index (χ3v) is 3.12. The van der Waals surface area contributed by atoms with Crippen molar-refractivity contribution in [3.05, 3.63) is 28.2 Å². The number of hydrogen-bond donors (Lipinski definition) is 2. The summed E-state index contributed by atoms with van der Waals surface area (Å²) < 4.78 is 0.987. The summed E-state index contributed by atoms with van der Waals surface area (Å²) in [7, 11) is 0. The first-order valence-corrected chi connectivity index (χ1v) is 6.09. The molecule has 0 radical (unpaired) electrons. The van der Waals surface area contributed by atoms with E-state index in [2.05, 4.69) is 21.2 Å². The molecule has 16 heavy (non-hydrogen) atoms. The number of aryl methyl sites for hydroxylation is 1. The molecule has 0 heterocycles. The highest BCUT2D eigenvalue weighted by Crippen LogP contribution is 2.20. The summed E-state index contributed by atoms with van der Waals surface area (Å²) in [4.78, 5) is 11.5. The molecule has 0 saturated heterocycles. The number of halogens is 1. The van der Waals surface area contributed by atoms with Crippen LogP contribution in [0.15, 0.2) is 22.7 Å². The van der Waals surface area contributed by atoms with Crippen LogP contribution in [0.2, 0.25) is 0 Å². The van der Waals surface area contributed by atoms with Gasteiger partial charge in [0.1, 0.15) is 0 Å². The van der Waals surface area contributed by atoms with Gasteiger partial charge in [0, 0.05) is 23.2 Å². The van der Waals surface area contributed by atoms with Crippen molar-refractivity contribution in [1.29, 1.82) is 0 Å². The Hall–Kier alpha value is -0.870. The molecule has 0 aliphatic heterocycles. The molecule has 0 aliphatic carbocycles. The molecule has 1 aromatic carbocycles. The van der Waals surface area contributed by atoms with E-state index in [4.69, 9.17) is 5.11 Å². The zero-order valence-electron chi connectivity index (χ0n) is 9.29. The highest BCUT2D eigenvalue weighted by atomic mass is 79.9. The molecule has 88 valence electrons. The molecule has 1 amide bonds. The van der Waals surface area contributed by atoms with Crippen molar-refractivity contribution >= 4 is 27.5 Å². The molecule has 3 nitrogen and oxygen atoms in total. The number of carbonyl (C=O) groups excluding carboxylic acids is 1. The van der Waals surface area contributed by atoms with E-state index in [-0.39, 0.29) is 12.5 Å². The molecule has 2 N–H and O–H groups in total. The van der Waals surface area contributed by atoms with E-state index < -0.39 is 0 Å². The summed E-state index contributed by atoms with van der Waals surface area (Å²) in [6, 6.07) is 5.72. The van der Waals surface area contributed by atoms with Crippen LogP contribution in [-0.2, 0) is 4.79 Å². The first kappa shape index (κ1) is 13.2. The molecule has 0 aromatic heterocycles. The topological polar surface area (TPSA) is 49.3 Å². The summed E-state index contributed by atoms with van der Waals surface area (Å²) in [6.07, 6.45) is 1.84. The number of nitrogens with one attached hydrogen (secondary N) is 1. The number of unbranched alkanes of at least 4 members (excludes halogenated alkanes) is 1. The first-order valence-electron chi connectivity index (χ1n) is 5.30. The van der Waals surface area contributed by atoms with E-state index in [1.165, 1.54) is 0 Å². The average molecular weight is 286 g/mol. The second-order valence-electron chi connectivity index (χ2n) is 3.69. The molecule has 0 bridgehead atoms. The summed E-state index contributed by atoms with van der Waals surface area (Å²) in [5.41, 5.74) is 1.93. The van der Waals surface area contributed by atoms with Crippen molar-refractivity contribution in [3.63, 3.8) is 0 Å². The van der Waals surface area contributed by atoms with E-state index >= 15 is 0 Å². The maximum Gasteiger partial charge on any atom is 0.224 e. The Morgan fingerprint density at radius 2 is 2.19 bits per heavy atom. The Morgan fingerprint density at radius 1 is 1.44 bits per heavy atom. The number of aliphatic hydroxyl groups excluding tert-OH is 1. The number of benzene rings is 1. The SMILES string of the molecule is Cc1ccc(NC(=O)CCCCO)cc1Br. The summed E-state index contributed by atoms with van der Waals surface area (Å²) in [5, 5.41) is 11.4. The summed E-state index contributed by atoms with van der Waals surface area (Å²) in [6.45, 7) is 2.14. The van der Waals surface area contributed by atoms with Gasteiger partial charge in [0.2, 0.25) is 5.91 Å². The van der Waals surface area contributed by atoms with Crippen LogP contribution >= 0.6 is 15.9 Å². The lowest BCUT2D eigenvalue weighted by atomic mass is 10.2. The van der Waals surface area contributed by atoms with Crippen molar-refractivity contribution in [2.45, 2.75) is 26.2 Å². The fourth-order valence-corrected chi connectivity index (χ4v) is 1.67. The van der Waals surface area contributed by atoms with Gasteiger partial charge in [0.15, 0.2) is 0 Å². The lowest BCUT2D eigenvalue weighted by molar-refractivity contribution is -0.116. The first-order chi connectivity index (χ1) is 7.63. The molecule has 1 aromatic rings. The lowest BCUT2D eigenvalue weighted by Crippen LogP contribution is -2.11. The van der Waals surface area contributed by atoms with Crippen molar-refractivity contribution < 1.29 is 9.90 Å². The van der Waals surface area contributed by atoms with Gasteiger partial charge in [-0.15, -0.1) is 0 Å². The number of amides is 1. The molecule has 0 aliphatic rings. The van der Waals surface area contributed by atoms with E-state index in [0.29, 0.717) is 12.8 Å². The molecule has 4 heteroatoms. The molecule has 1 rings (SSSR count). The van der Waals surface area contributed by atoms with Gasteiger partial charge in [-0.3, -0.25) is 4.79 Å². The highest BCUT2D eigenvalue weighted by molar-refractivity contribution is 9.10. The van der Waals surface area contributed by atoms with E-state index in [0.717, 1.165) is 22.1 Å². The zero-order chi connectivity index (χ0) is 12.0. The van der Waals surface area contributed by atoms with Crippen LogP contribution in [0.1, 0.15) is 24.8 Å². The monoisotopic (exact) mass is 285 g/mol. The number of anilines is 1. The second-order valence-corrected chi connectivity index (χ2v) is 4.55. The average Bonchev–Trinajstić information content (AvgIpc) is 2.24. The molecular formula is C12H16BrNO2. The Bertz CT molecular complexity index is 366. The predicted molar refractivity (Wildman–Crippen MR) is 68.4 cm³/mol. The van der Waals surface area contributed by atoms with Gasteiger partial charge >= 0.3 is 0 Å². The minimum Gasteiger partial charge on any atom is -0.396 e. The molecule has 0 fully saturated rings. The number of rotatable bonds is 5. The van der Waals surface area contributed by atoms with Crippen molar-refractivity contribution in [1.82, 2.24) is 0 Å². The molecule has 0 spiro atoms. The second kappa shape index (κ2) is 6.66. The Morgan fingerprint density at radius 3 is 2.81 bits per heavy atom. The van der Waals surface area contributed by atoms with Gasteiger partial charge in [-0.05, 0) is 37.5 Å². The van der Waals surface area contributed by atoms with Crippen LogP contribution in [0.5, 0.6) is 0 Å². The standard InChI is InChI=1S/C12H16BrNO2/c1-9-5-6-10(8-11(9)13)14-12(16)4-2-3-7-15/h5-6,8,15H,2-4,7H2,1H3,(H,14,16). The van der Waals surface area contributed by atoms with Crippen LogP contribution in [0, 0.1) is 6.92 Å². The predicted octanol–water partition coefficient (Wildman–Crippen LogP) is 2.86. The number of aliphatic hydroxyl groups is 1. The van der Waals surface area contributed by atoms with Crippen molar-refractivity contribution in [3.8, 4) is 0 Å². The smallest absolute Gasteiger partial charge is 0.224 e. The van der Waals surface area contributed by atoms with E-state index in [1.54, 1.807) is 0 Å². The van der Waals surface area contributed by atoms with Crippen molar-refractivity contribution in [2.75, 3.05) is 11.9 Å². The Labute approximate surface area is 104 Å². The molecule has 0 atom stereocenters. The third kappa shape index (κ3) is 4.33. The third-order valence-electron chi connectivity index (χ3n) is 2.27. The van der Waals surface area contributed by atoms with Gasteiger partial charge < -0.3 is 10.4 Å². The molecule has 0 unspecified atom stereocenters. The van der Waals surface area contributed by atoms with Gasteiger partial charge in [0.05, 0.1) is 0 Å². The maximum atomic E-state index is 11.5. The summed E-state index contributed by atoms with van der Waals surface area (Å²) in [5.74, 6) is -0.01000. The minimum atomic E-state index is -0.01000. The van der Waals surface area contributed by atoms with E-state index in [1.807, 2.05) is 25.1 Å². The largest absolute Gasteiger partial charge is 0.396 e. The van der Waals surface area contributed by atoms with Crippen LogP contribution in [0.4, 0.5) is 5.69 Å². The Balaban J connectivity index is 2.46. The van der Waals surface area contributed by atoms with Gasteiger partial charge in [-0.25, -0.2) is 0 Å². The van der Waals surface area contributed by atoms with Gasteiger partial charge in [-0.2, -0.15) is 0 Å². The molecule has 0 saturated carbocycles. The number of carbonyl (C=O) groups is 1. The van der Waals surface area contributed by atoms with Gasteiger partial charge in [-0.1, -0.05) is 22.0 Å². The number of hydrogen-bond acceptors (Lipinski definition) is 2. The maximum absolute atomic E-state index is 11.5. The summed E-state index contributed by atoms with van der Waals surface area (Å²) >= 11 is 3.42. The quantitative estimate of drug-likeness (QED) is 0.818. The lowest BCUT2D eigenvalue weighted by Gasteiger charge is -2.06. The molecular weight excluding hydrogens is 270 g/mol. The fraction of sp³-hybridized carbons (Fsp3) is 0.417. The zero-order valence-corrected chi connectivity index (χ0v) is 10.9. The Kier molecular flexibility index (Phi) is 5.49.